The standard InChI is InChI=1S/C30H32N4O3/c31-19-20-1-3-24-26(17-20)32-29-27(24)28(35)23-4-2-22(18-25(23)30(29)7-13-36-14-8-30)33-9-5-21(6-10-33)34-11-15-37-16-12-34/h1-4,17-18,21,32H,5-16H2. The van der Waals surface area contributed by atoms with E-state index in [1.807, 2.05) is 12.1 Å². The van der Waals surface area contributed by atoms with Crippen molar-refractivity contribution in [2.75, 3.05) is 57.5 Å². The second-order valence-electron chi connectivity index (χ2n) is 10.9. The van der Waals surface area contributed by atoms with Gasteiger partial charge in [-0.3, -0.25) is 9.69 Å². The topological polar surface area (TPSA) is 81.6 Å². The number of piperidine rings is 1. The van der Waals surface area contributed by atoms with Crippen LogP contribution in [-0.4, -0.2) is 74.3 Å². The fourth-order valence-corrected chi connectivity index (χ4v) is 7.13. The van der Waals surface area contributed by atoms with E-state index < -0.39 is 0 Å². The van der Waals surface area contributed by atoms with Gasteiger partial charge in [0.2, 0.25) is 0 Å². The summed E-state index contributed by atoms with van der Waals surface area (Å²) in [6.45, 7) is 7.16. The zero-order valence-electron chi connectivity index (χ0n) is 21.1. The number of ether oxygens (including phenoxy) is 2. The van der Waals surface area contributed by atoms with Gasteiger partial charge < -0.3 is 19.4 Å². The van der Waals surface area contributed by atoms with E-state index in [9.17, 15) is 10.1 Å². The van der Waals surface area contributed by atoms with Gasteiger partial charge in [-0.1, -0.05) is 6.07 Å². The van der Waals surface area contributed by atoms with E-state index >= 15 is 0 Å². The Bertz CT molecular complexity index is 1400. The number of carbonyl (C=O) groups is 1. The summed E-state index contributed by atoms with van der Waals surface area (Å²) in [5, 5.41) is 10.3. The Balaban J connectivity index is 1.26. The lowest BCUT2D eigenvalue weighted by molar-refractivity contribution is 0.0115. The zero-order chi connectivity index (χ0) is 25.0. The van der Waals surface area contributed by atoms with Gasteiger partial charge in [0, 0.05) is 78.7 Å². The van der Waals surface area contributed by atoms with Gasteiger partial charge in [0.15, 0.2) is 5.78 Å². The second kappa shape index (κ2) is 8.98. The number of nitrogens with one attached hydrogen (secondary N) is 1. The van der Waals surface area contributed by atoms with Crippen molar-refractivity contribution in [3.63, 3.8) is 0 Å². The van der Waals surface area contributed by atoms with Crippen LogP contribution in [0.5, 0.6) is 0 Å². The van der Waals surface area contributed by atoms with Gasteiger partial charge in [0.1, 0.15) is 0 Å². The molecular weight excluding hydrogens is 464 g/mol. The van der Waals surface area contributed by atoms with Crippen molar-refractivity contribution < 1.29 is 14.3 Å². The minimum atomic E-state index is -0.287. The van der Waals surface area contributed by atoms with Crippen LogP contribution >= 0.6 is 0 Å². The van der Waals surface area contributed by atoms with E-state index in [1.165, 1.54) is 5.69 Å². The number of hydrogen-bond donors (Lipinski definition) is 1. The number of ketones is 1. The number of benzene rings is 2. The van der Waals surface area contributed by atoms with E-state index in [0.29, 0.717) is 24.8 Å². The van der Waals surface area contributed by atoms with Crippen LogP contribution in [0.15, 0.2) is 36.4 Å². The summed E-state index contributed by atoms with van der Waals surface area (Å²) in [7, 11) is 0. The molecule has 3 fully saturated rings. The Morgan fingerprint density at radius 1 is 0.946 bits per heavy atom. The fraction of sp³-hybridized carbons (Fsp3) is 0.467. The van der Waals surface area contributed by atoms with E-state index in [0.717, 1.165) is 98.4 Å². The molecule has 0 bridgehead atoms. The number of anilines is 1. The van der Waals surface area contributed by atoms with Gasteiger partial charge in [-0.15, -0.1) is 0 Å². The number of rotatable bonds is 2. The highest BCUT2D eigenvalue weighted by atomic mass is 16.5. The number of nitrogens with zero attached hydrogens (tertiary/aromatic N) is 3. The zero-order valence-corrected chi connectivity index (χ0v) is 21.1. The van der Waals surface area contributed by atoms with E-state index in [1.54, 1.807) is 6.07 Å². The molecule has 3 saturated heterocycles. The van der Waals surface area contributed by atoms with Crippen molar-refractivity contribution in [2.45, 2.75) is 37.1 Å². The number of hydrogen-bond acceptors (Lipinski definition) is 6. The first-order valence-electron chi connectivity index (χ1n) is 13.6. The van der Waals surface area contributed by atoms with Crippen molar-refractivity contribution in [1.82, 2.24) is 9.88 Å². The highest BCUT2D eigenvalue weighted by Gasteiger charge is 2.47. The minimum Gasteiger partial charge on any atom is -0.381 e. The molecule has 4 aliphatic rings. The molecule has 3 aliphatic heterocycles. The third-order valence-electron chi connectivity index (χ3n) is 9.13. The van der Waals surface area contributed by atoms with Crippen LogP contribution in [0.4, 0.5) is 5.69 Å². The van der Waals surface area contributed by atoms with Crippen LogP contribution in [0, 0.1) is 11.3 Å². The van der Waals surface area contributed by atoms with Gasteiger partial charge >= 0.3 is 0 Å². The first-order chi connectivity index (χ1) is 18.2. The molecule has 37 heavy (non-hydrogen) atoms. The van der Waals surface area contributed by atoms with Gasteiger partial charge in [0.25, 0.3) is 0 Å². The van der Waals surface area contributed by atoms with E-state index in [4.69, 9.17) is 9.47 Å². The molecule has 190 valence electrons. The summed E-state index contributed by atoms with van der Waals surface area (Å²) < 4.78 is 11.4. The number of nitriles is 1. The average molecular weight is 497 g/mol. The van der Waals surface area contributed by atoms with Crippen molar-refractivity contribution >= 4 is 22.4 Å². The normalized spacial score (nSPS) is 22.1. The highest BCUT2D eigenvalue weighted by molar-refractivity contribution is 6.20. The number of fused-ring (bicyclic) bond motifs is 6. The second-order valence-corrected chi connectivity index (χ2v) is 10.9. The largest absolute Gasteiger partial charge is 0.381 e. The lowest BCUT2D eigenvalue weighted by Gasteiger charge is -2.43. The highest BCUT2D eigenvalue weighted by Crippen LogP contribution is 2.50. The van der Waals surface area contributed by atoms with Gasteiger partial charge in [-0.2, -0.15) is 5.26 Å². The van der Waals surface area contributed by atoms with Crippen molar-refractivity contribution in [2.24, 2.45) is 0 Å². The van der Waals surface area contributed by atoms with Gasteiger partial charge in [-0.05, 0) is 61.6 Å². The smallest absolute Gasteiger partial charge is 0.195 e. The maximum Gasteiger partial charge on any atom is 0.195 e. The fourth-order valence-electron chi connectivity index (χ4n) is 7.13. The van der Waals surface area contributed by atoms with E-state index in [2.05, 4.69) is 39.1 Å². The summed E-state index contributed by atoms with van der Waals surface area (Å²) in [6, 6.07) is 15.0. The third kappa shape index (κ3) is 3.62. The van der Waals surface area contributed by atoms with Crippen LogP contribution < -0.4 is 4.90 Å². The van der Waals surface area contributed by atoms with Crippen molar-refractivity contribution in [3.05, 3.63) is 64.3 Å². The molecule has 1 N–H and O–H groups in total. The molecule has 4 heterocycles. The Labute approximate surface area is 216 Å². The summed E-state index contributed by atoms with van der Waals surface area (Å²) in [5.74, 6) is 0.0793. The van der Waals surface area contributed by atoms with Crippen LogP contribution in [0.1, 0.15) is 58.4 Å². The molecule has 0 radical (unpaired) electrons. The lowest BCUT2D eigenvalue weighted by atomic mass is 9.64. The Kier molecular flexibility index (Phi) is 5.58. The monoisotopic (exact) mass is 496 g/mol. The van der Waals surface area contributed by atoms with Crippen LogP contribution in [-0.2, 0) is 14.9 Å². The SMILES string of the molecule is N#Cc1ccc2c3c([nH]c2c1)C1(CCOCC1)c1cc(N2CCC(N4CCOCC4)CC2)ccc1C3=O. The number of H-pyrrole nitrogens is 1. The van der Waals surface area contributed by atoms with Crippen molar-refractivity contribution in [3.8, 4) is 6.07 Å². The summed E-state index contributed by atoms with van der Waals surface area (Å²) in [5.41, 5.74) is 6.10. The maximum atomic E-state index is 13.9. The van der Waals surface area contributed by atoms with Crippen molar-refractivity contribution in [1.29, 1.82) is 5.26 Å². The van der Waals surface area contributed by atoms with E-state index in [-0.39, 0.29) is 11.2 Å². The molecular formula is C30H32N4O3. The predicted octanol–water partition coefficient (Wildman–Crippen LogP) is 3.98. The lowest BCUT2D eigenvalue weighted by Crippen LogP contribution is -2.49. The quantitative estimate of drug-likeness (QED) is 0.578. The minimum absolute atomic E-state index is 0.0793. The summed E-state index contributed by atoms with van der Waals surface area (Å²) >= 11 is 0. The molecule has 0 amide bonds. The first kappa shape index (κ1) is 23.0. The molecule has 3 aromatic rings. The molecule has 2 aromatic carbocycles. The maximum absolute atomic E-state index is 13.9. The number of morpholine rings is 1. The van der Waals surface area contributed by atoms with Crippen LogP contribution in [0.2, 0.25) is 0 Å². The molecule has 7 heteroatoms. The molecule has 0 saturated carbocycles. The molecule has 1 spiro atoms. The van der Waals surface area contributed by atoms with Gasteiger partial charge in [0.05, 0.1) is 30.4 Å². The summed E-state index contributed by atoms with van der Waals surface area (Å²) in [4.78, 5) is 22.6. The summed E-state index contributed by atoms with van der Waals surface area (Å²) in [6.07, 6.45) is 3.98. The molecule has 0 unspecified atom stereocenters. The van der Waals surface area contributed by atoms with Crippen LogP contribution in [0.25, 0.3) is 10.9 Å². The van der Waals surface area contributed by atoms with Gasteiger partial charge in [-0.25, -0.2) is 0 Å². The predicted molar refractivity (Wildman–Crippen MR) is 141 cm³/mol. The third-order valence-corrected chi connectivity index (χ3v) is 9.13. The molecule has 7 nitrogen and oxygen atoms in total. The number of carbonyl (C=O) groups excluding carboxylic acids is 1. The molecule has 1 aliphatic carbocycles. The number of aromatic nitrogens is 1. The average Bonchev–Trinajstić information content (AvgIpc) is 3.37. The number of aromatic amines is 1. The molecule has 1 aromatic heterocycles. The molecule has 7 rings (SSSR count). The Hall–Kier alpha value is -3.18. The van der Waals surface area contributed by atoms with Crippen LogP contribution in [0.3, 0.4) is 0 Å². The Morgan fingerprint density at radius 2 is 1.70 bits per heavy atom. The Morgan fingerprint density at radius 3 is 2.46 bits per heavy atom. The first-order valence-corrected chi connectivity index (χ1v) is 13.6. The molecule has 0 atom stereocenters.